The fraction of sp³-hybridized carbons (Fsp3) is 0.562. The molecule has 3 N–H and O–H groups in total. The van der Waals surface area contributed by atoms with Crippen molar-refractivity contribution >= 4 is 16.0 Å². The van der Waals surface area contributed by atoms with Crippen LogP contribution in [0.2, 0.25) is 0 Å². The lowest BCUT2D eigenvalue weighted by Crippen LogP contribution is -2.38. The van der Waals surface area contributed by atoms with Crippen LogP contribution in [-0.4, -0.2) is 46.8 Å². The zero-order chi connectivity index (χ0) is 18.0. The minimum Gasteiger partial charge on any atom is -0.357 e. The lowest BCUT2D eigenvalue weighted by atomic mass is 10.1. The Hall–Kier alpha value is -1.67. The molecule has 0 aliphatic rings. The minimum absolute atomic E-state index is 0.221. The number of halogens is 1. The fourth-order valence-corrected chi connectivity index (χ4v) is 2.64. The third-order valence-electron chi connectivity index (χ3n) is 3.30. The van der Waals surface area contributed by atoms with Crippen molar-refractivity contribution in [3.63, 3.8) is 0 Å². The van der Waals surface area contributed by atoms with E-state index in [1.807, 2.05) is 13.8 Å². The number of hydrogen-bond acceptors (Lipinski definition) is 3. The summed E-state index contributed by atoms with van der Waals surface area (Å²) in [5.74, 6) is 0.471. The number of sulfonamides is 1. The maximum absolute atomic E-state index is 13.1. The van der Waals surface area contributed by atoms with Crippen LogP contribution in [0.25, 0.3) is 0 Å². The van der Waals surface area contributed by atoms with Gasteiger partial charge in [0.25, 0.3) is 0 Å². The first-order chi connectivity index (χ1) is 11.3. The number of hydrogen-bond donors (Lipinski definition) is 3. The molecule has 0 fully saturated rings. The summed E-state index contributed by atoms with van der Waals surface area (Å²) in [7, 11) is -3.14. The van der Waals surface area contributed by atoms with E-state index in [0.29, 0.717) is 32.0 Å². The number of guanidine groups is 1. The Bertz CT molecular complexity index is 647. The summed E-state index contributed by atoms with van der Waals surface area (Å²) in [6, 6.07) is 4.80. The average molecular weight is 358 g/mol. The van der Waals surface area contributed by atoms with E-state index >= 15 is 0 Å². The third-order valence-corrected chi connectivity index (χ3v) is 4.03. The van der Waals surface area contributed by atoms with Gasteiger partial charge in [0.05, 0.1) is 6.26 Å². The van der Waals surface area contributed by atoms with Crippen molar-refractivity contribution in [1.29, 1.82) is 0 Å². The summed E-state index contributed by atoms with van der Waals surface area (Å²) in [6.45, 7) is 6.19. The van der Waals surface area contributed by atoms with Gasteiger partial charge < -0.3 is 10.6 Å². The summed E-state index contributed by atoms with van der Waals surface area (Å²) in [5.41, 5.74) is 2.03. The van der Waals surface area contributed by atoms with Crippen LogP contribution in [-0.2, 0) is 16.4 Å². The normalized spacial score (nSPS) is 12.2. The Morgan fingerprint density at radius 3 is 2.62 bits per heavy atom. The van der Waals surface area contributed by atoms with Gasteiger partial charge in [0.15, 0.2) is 5.96 Å². The summed E-state index contributed by atoms with van der Waals surface area (Å²) < 4.78 is 37.4. The van der Waals surface area contributed by atoms with E-state index in [2.05, 4.69) is 20.3 Å². The van der Waals surface area contributed by atoms with Crippen LogP contribution in [0.15, 0.2) is 23.2 Å². The molecular formula is C16H27FN4O2S. The zero-order valence-corrected chi connectivity index (χ0v) is 15.3. The Labute approximate surface area is 144 Å². The molecule has 0 heterocycles. The molecule has 0 radical (unpaired) electrons. The summed E-state index contributed by atoms with van der Waals surface area (Å²) >= 11 is 0. The lowest BCUT2D eigenvalue weighted by molar-refractivity contribution is 0.585. The van der Waals surface area contributed by atoms with Crippen LogP contribution in [0, 0.1) is 12.7 Å². The highest BCUT2D eigenvalue weighted by atomic mass is 32.2. The fourth-order valence-electron chi connectivity index (χ4n) is 2.12. The van der Waals surface area contributed by atoms with Crippen LogP contribution >= 0.6 is 0 Å². The van der Waals surface area contributed by atoms with Gasteiger partial charge in [-0.2, -0.15) is 0 Å². The van der Waals surface area contributed by atoms with Gasteiger partial charge in [-0.05, 0) is 49.9 Å². The highest BCUT2D eigenvalue weighted by Gasteiger charge is 2.02. The molecule has 1 aromatic carbocycles. The van der Waals surface area contributed by atoms with Gasteiger partial charge >= 0.3 is 0 Å². The number of rotatable bonds is 9. The second kappa shape index (κ2) is 10.2. The molecule has 24 heavy (non-hydrogen) atoms. The van der Waals surface area contributed by atoms with Crippen LogP contribution in [0.3, 0.4) is 0 Å². The average Bonchev–Trinajstić information content (AvgIpc) is 2.48. The number of benzene rings is 1. The molecule has 0 aliphatic carbocycles. The van der Waals surface area contributed by atoms with Gasteiger partial charge in [0.2, 0.25) is 10.0 Å². The molecule has 0 spiro atoms. The van der Waals surface area contributed by atoms with Crippen LogP contribution in [0.5, 0.6) is 0 Å². The van der Waals surface area contributed by atoms with Crippen molar-refractivity contribution in [1.82, 2.24) is 15.4 Å². The minimum atomic E-state index is -3.14. The first-order valence-corrected chi connectivity index (χ1v) is 9.93. The molecule has 6 nitrogen and oxygen atoms in total. The Balaban J connectivity index is 2.40. The molecule has 0 aromatic heterocycles. The molecule has 0 amide bonds. The molecule has 0 atom stereocenters. The van der Waals surface area contributed by atoms with E-state index in [4.69, 9.17) is 0 Å². The van der Waals surface area contributed by atoms with E-state index in [1.165, 1.54) is 12.1 Å². The SMILES string of the molecule is CCNC(=NCCCNS(C)(=O)=O)NCCc1ccc(F)cc1C. The molecule has 8 heteroatoms. The number of aliphatic imine (C=N–C) groups is 1. The highest BCUT2D eigenvalue weighted by Crippen LogP contribution is 2.10. The first kappa shape index (κ1) is 20.4. The van der Waals surface area contributed by atoms with Crippen LogP contribution < -0.4 is 15.4 Å². The van der Waals surface area contributed by atoms with Crippen molar-refractivity contribution in [2.75, 3.05) is 32.4 Å². The summed E-state index contributed by atoms with van der Waals surface area (Å²) in [4.78, 5) is 4.40. The Morgan fingerprint density at radius 1 is 1.25 bits per heavy atom. The predicted molar refractivity (Wildman–Crippen MR) is 96.3 cm³/mol. The zero-order valence-electron chi connectivity index (χ0n) is 14.5. The van der Waals surface area contributed by atoms with Crippen LogP contribution in [0.1, 0.15) is 24.5 Å². The van der Waals surface area contributed by atoms with Crippen molar-refractivity contribution in [3.8, 4) is 0 Å². The van der Waals surface area contributed by atoms with Crippen molar-refractivity contribution in [2.45, 2.75) is 26.7 Å². The van der Waals surface area contributed by atoms with Crippen molar-refractivity contribution in [2.24, 2.45) is 4.99 Å². The van der Waals surface area contributed by atoms with Crippen LogP contribution in [0.4, 0.5) is 4.39 Å². The molecule has 1 rings (SSSR count). The first-order valence-electron chi connectivity index (χ1n) is 8.03. The summed E-state index contributed by atoms with van der Waals surface area (Å²) in [5, 5.41) is 6.36. The maximum atomic E-state index is 13.1. The number of nitrogens with zero attached hydrogens (tertiary/aromatic N) is 1. The van der Waals surface area contributed by atoms with E-state index in [9.17, 15) is 12.8 Å². The standard InChI is InChI=1S/C16H27FN4O2S/c1-4-18-16(19-9-5-10-21-24(3,22)23)20-11-8-14-6-7-15(17)12-13(14)2/h6-7,12,21H,4-5,8-11H2,1-3H3,(H2,18,19,20). The summed E-state index contributed by atoms with van der Waals surface area (Å²) in [6.07, 6.45) is 2.53. The highest BCUT2D eigenvalue weighted by molar-refractivity contribution is 7.88. The largest absolute Gasteiger partial charge is 0.357 e. The van der Waals surface area contributed by atoms with E-state index in [-0.39, 0.29) is 5.82 Å². The number of nitrogens with one attached hydrogen (secondary N) is 3. The predicted octanol–water partition coefficient (Wildman–Crippen LogP) is 1.17. The molecular weight excluding hydrogens is 331 g/mol. The van der Waals surface area contributed by atoms with E-state index in [1.54, 1.807) is 6.07 Å². The quantitative estimate of drug-likeness (QED) is 0.352. The Kier molecular flexibility index (Phi) is 8.70. The smallest absolute Gasteiger partial charge is 0.208 e. The van der Waals surface area contributed by atoms with Crippen molar-refractivity contribution < 1.29 is 12.8 Å². The van der Waals surface area contributed by atoms with Gasteiger partial charge in [-0.1, -0.05) is 6.07 Å². The van der Waals surface area contributed by atoms with Gasteiger partial charge in [-0.3, -0.25) is 4.99 Å². The topological polar surface area (TPSA) is 82.6 Å². The van der Waals surface area contributed by atoms with Gasteiger partial charge in [-0.25, -0.2) is 17.5 Å². The molecule has 0 unspecified atom stereocenters. The molecule has 0 bridgehead atoms. The number of aryl methyl sites for hydroxylation is 1. The van der Waals surface area contributed by atoms with Gasteiger partial charge in [0, 0.05) is 26.2 Å². The molecule has 136 valence electrons. The maximum Gasteiger partial charge on any atom is 0.208 e. The molecule has 0 aliphatic heterocycles. The molecule has 1 aromatic rings. The second-order valence-electron chi connectivity index (χ2n) is 5.53. The van der Waals surface area contributed by atoms with Gasteiger partial charge in [0.1, 0.15) is 5.82 Å². The van der Waals surface area contributed by atoms with Crippen molar-refractivity contribution in [3.05, 3.63) is 35.1 Å². The van der Waals surface area contributed by atoms with E-state index < -0.39 is 10.0 Å². The molecule has 0 saturated heterocycles. The Morgan fingerprint density at radius 2 is 2.00 bits per heavy atom. The van der Waals surface area contributed by atoms with Gasteiger partial charge in [-0.15, -0.1) is 0 Å². The lowest BCUT2D eigenvalue weighted by Gasteiger charge is -2.12. The monoisotopic (exact) mass is 358 g/mol. The third kappa shape index (κ3) is 8.83. The second-order valence-corrected chi connectivity index (χ2v) is 7.36. The molecule has 0 saturated carbocycles. The van der Waals surface area contributed by atoms with E-state index in [0.717, 1.165) is 30.3 Å².